The lowest BCUT2D eigenvalue weighted by Gasteiger charge is -2.21. The fourth-order valence-corrected chi connectivity index (χ4v) is 2.31. The largest absolute Gasteiger partial charge is 0.496 e. The van der Waals surface area contributed by atoms with Gasteiger partial charge in [0, 0.05) is 4.92 Å². The smallest absolute Gasteiger partial charge is 0.320 e. The third-order valence-electron chi connectivity index (χ3n) is 3.52. The van der Waals surface area contributed by atoms with Crippen LogP contribution in [0.4, 0.5) is 0 Å². The zero-order valence-electron chi connectivity index (χ0n) is 13.4. The van der Waals surface area contributed by atoms with Crippen molar-refractivity contribution in [2.45, 2.75) is 12.8 Å². The van der Waals surface area contributed by atoms with Crippen molar-refractivity contribution < 1.29 is 28.7 Å². The van der Waals surface area contributed by atoms with Gasteiger partial charge in [-0.2, -0.15) is 0 Å². The van der Waals surface area contributed by atoms with Gasteiger partial charge in [-0.25, -0.2) is 0 Å². The number of hydrogen-bond donors (Lipinski definition) is 0. The number of aryl methyl sites for hydroxylation is 1. The normalized spacial score (nSPS) is 11.7. The highest BCUT2D eigenvalue weighted by molar-refractivity contribution is 5.96. The van der Waals surface area contributed by atoms with E-state index in [1.165, 1.54) is 7.11 Å². The molecule has 0 saturated heterocycles. The molecule has 0 aliphatic heterocycles. The number of methoxy groups -OCH3 is 3. The van der Waals surface area contributed by atoms with E-state index in [1.54, 1.807) is 18.2 Å². The lowest BCUT2D eigenvalue weighted by atomic mass is 9.85. The van der Waals surface area contributed by atoms with E-state index < -0.39 is 35.2 Å². The summed E-state index contributed by atoms with van der Waals surface area (Å²) in [6.45, 7) is 1.18. The molecule has 126 valence electrons. The summed E-state index contributed by atoms with van der Waals surface area (Å²) < 4.78 is 14.4. The Morgan fingerprint density at radius 3 is 2.17 bits per heavy atom. The van der Waals surface area contributed by atoms with Crippen LogP contribution in [0, 0.1) is 23.0 Å². The summed E-state index contributed by atoms with van der Waals surface area (Å²) in [5.41, 5.74) is 1.24. The second-order valence-electron chi connectivity index (χ2n) is 4.87. The van der Waals surface area contributed by atoms with Crippen molar-refractivity contribution in [3.63, 3.8) is 0 Å². The molecule has 1 unspecified atom stereocenters. The summed E-state index contributed by atoms with van der Waals surface area (Å²) in [6, 6.07) is 4.89. The predicted octanol–water partition coefficient (Wildman–Crippen LogP) is 1.33. The summed E-state index contributed by atoms with van der Waals surface area (Å²) >= 11 is 0. The Morgan fingerprint density at radius 2 is 1.74 bits per heavy atom. The Bertz CT molecular complexity index is 583. The van der Waals surface area contributed by atoms with E-state index in [2.05, 4.69) is 9.47 Å². The van der Waals surface area contributed by atoms with Crippen molar-refractivity contribution in [3.05, 3.63) is 39.4 Å². The van der Waals surface area contributed by atoms with Crippen molar-refractivity contribution in [2.75, 3.05) is 27.9 Å². The maximum atomic E-state index is 12.0. The molecular weight excluding hydrogens is 306 g/mol. The molecule has 0 aliphatic rings. The third-order valence-corrected chi connectivity index (χ3v) is 3.52. The number of benzene rings is 1. The topological polar surface area (TPSA) is 105 Å². The molecule has 8 heteroatoms. The molecule has 0 bridgehead atoms. The van der Waals surface area contributed by atoms with Crippen molar-refractivity contribution in [2.24, 2.45) is 5.92 Å². The third kappa shape index (κ3) is 4.41. The van der Waals surface area contributed by atoms with Crippen LogP contribution in [0.2, 0.25) is 0 Å². The molecule has 0 amide bonds. The average Bonchev–Trinajstić information content (AvgIpc) is 2.53. The van der Waals surface area contributed by atoms with E-state index >= 15 is 0 Å². The second-order valence-corrected chi connectivity index (χ2v) is 4.87. The molecule has 0 spiro atoms. The molecule has 0 heterocycles. The minimum Gasteiger partial charge on any atom is -0.496 e. The van der Waals surface area contributed by atoms with Crippen LogP contribution in [-0.2, 0) is 19.1 Å². The first-order valence-electron chi connectivity index (χ1n) is 6.77. The molecule has 0 aliphatic carbocycles. The first-order valence-corrected chi connectivity index (χ1v) is 6.77. The molecular formula is C15H19NO7. The van der Waals surface area contributed by atoms with Crippen LogP contribution in [0.15, 0.2) is 18.2 Å². The lowest BCUT2D eigenvalue weighted by Crippen LogP contribution is -2.35. The highest BCUT2D eigenvalue weighted by Crippen LogP contribution is 2.31. The van der Waals surface area contributed by atoms with Crippen LogP contribution in [0.3, 0.4) is 0 Å². The van der Waals surface area contributed by atoms with Crippen molar-refractivity contribution in [3.8, 4) is 5.75 Å². The van der Waals surface area contributed by atoms with Gasteiger partial charge in [-0.05, 0) is 24.1 Å². The van der Waals surface area contributed by atoms with E-state index in [0.29, 0.717) is 11.3 Å². The summed E-state index contributed by atoms with van der Waals surface area (Å²) in [7, 11) is 3.68. The first-order chi connectivity index (χ1) is 10.8. The minimum absolute atomic E-state index is 0.421. The van der Waals surface area contributed by atoms with Gasteiger partial charge in [0.1, 0.15) is 5.75 Å². The number of hydrogen-bond acceptors (Lipinski definition) is 7. The van der Waals surface area contributed by atoms with Gasteiger partial charge in [-0.15, -0.1) is 0 Å². The molecule has 8 nitrogen and oxygen atoms in total. The zero-order valence-corrected chi connectivity index (χ0v) is 13.4. The van der Waals surface area contributed by atoms with Crippen LogP contribution in [0.1, 0.15) is 17.0 Å². The standard InChI is InChI=1S/C15H19NO7/c1-9-5-6-10(7-12(9)21-2)11(8-16(19)20)13(14(17)22-3)15(18)23-4/h5-7,11,13H,8H2,1-4H3. The second kappa shape index (κ2) is 8.11. The quantitative estimate of drug-likeness (QED) is 0.322. The van der Waals surface area contributed by atoms with Gasteiger partial charge in [0.05, 0.1) is 27.2 Å². The predicted molar refractivity (Wildman–Crippen MR) is 79.9 cm³/mol. The fraction of sp³-hybridized carbons (Fsp3) is 0.467. The maximum Gasteiger partial charge on any atom is 0.320 e. The number of esters is 2. The van der Waals surface area contributed by atoms with Gasteiger partial charge >= 0.3 is 11.9 Å². The molecule has 23 heavy (non-hydrogen) atoms. The van der Waals surface area contributed by atoms with E-state index in [4.69, 9.17) is 4.74 Å². The van der Waals surface area contributed by atoms with Crippen molar-refractivity contribution in [1.29, 1.82) is 0 Å². The fourth-order valence-electron chi connectivity index (χ4n) is 2.31. The first kappa shape index (κ1) is 18.4. The van der Waals surface area contributed by atoms with Gasteiger partial charge in [0.25, 0.3) is 0 Å². The molecule has 0 saturated carbocycles. The summed E-state index contributed by atoms with van der Waals surface area (Å²) in [4.78, 5) is 34.3. The maximum absolute atomic E-state index is 12.0. The van der Waals surface area contributed by atoms with E-state index in [9.17, 15) is 19.7 Å². The highest BCUT2D eigenvalue weighted by Gasteiger charge is 2.41. The van der Waals surface area contributed by atoms with Gasteiger partial charge in [0.15, 0.2) is 5.92 Å². The number of ether oxygens (including phenoxy) is 3. The molecule has 1 rings (SSSR count). The average molecular weight is 325 g/mol. The number of carbonyl (C=O) groups is 2. The van der Waals surface area contributed by atoms with Crippen LogP contribution in [-0.4, -0.2) is 44.7 Å². The Labute approximate surface area is 133 Å². The molecule has 1 atom stereocenters. The monoisotopic (exact) mass is 325 g/mol. The SMILES string of the molecule is COC(=O)C(C(=O)OC)C(C[N+](=O)[O-])c1ccc(C)c(OC)c1. The number of rotatable bonds is 7. The molecule has 0 fully saturated rings. The van der Waals surface area contributed by atoms with Crippen LogP contribution in [0.5, 0.6) is 5.75 Å². The Morgan fingerprint density at radius 1 is 1.17 bits per heavy atom. The molecule has 0 radical (unpaired) electrons. The number of nitro groups is 1. The lowest BCUT2D eigenvalue weighted by molar-refractivity contribution is -0.484. The van der Waals surface area contributed by atoms with Crippen molar-refractivity contribution in [1.82, 2.24) is 0 Å². The number of nitrogens with zero attached hydrogens (tertiary/aromatic N) is 1. The van der Waals surface area contributed by atoms with Crippen LogP contribution >= 0.6 is 0 Å². The van der Waals surface area contributed by atoms with Crippen LogP contribution < -0.4 is 4.74 Å². The Kier molecular flexibility index (Phi) is 6.49. The zero-order chi connectivity index (χ0) is 17.6. The Hall–Kier alpha value is -2.64. The summed E-state index contributed by atoms with van der Waals surface area (Å²) in [6.07, 6.45) is 0. The molecule has 1 aromatic carbocycles. The molecule has 0 aromatic heterocycles. The van der Waals surface area contributed by atoms with Gasteiger partial charge in [0.2, 0.25) is 6.54 Å². The summed E-state index contributed by atoms with van der Waals surface area (Å²) in [5, 5.41) is 11.0. The van der Waals surface area contributed by atoms with Crippen LogP contribution in [0.25, 0.3) is 0 Å². The summed E-state index contributed by atoms with van der Waals surface area (Å²) in [5.74, 6) is -3.72. The van der Waals surface area contributed by atoms with E-state index in [-0.39, 0.29) is 0 Å². The number of carbonyl (C=O) groups excluding carboxylic acids is 2. The minimum atomic E-state index is -1.43. The van der Waals surface area contributed by atoms with Gasteiger partial charge in [-0.3, -0.25) is 19.7 Å². The van der Waals surface area contributed by atoms with Gasteiger partial charge in [-0.1, -0.05) is 12.1 Å². The van der Waals surface area contributed by atoms with Crippen molar-refractivity contribution >= 4 is 11.9 Å². The highest BCUT2D eigenvalue weighted by atomic mass is 16.6. The Balaban J connectivity index is 3.38. The van der Waals surface area contributed by atoms with Gasteiger partial charge < -0.3 is 14.2 Å². The molecule has 0 N–H and O–H groups in total. The van der Waals surface area contributed by atoms with E-state index in [1.807, 2.05) is 6.92 Å². The molecule has 1 aromatic rings. The van der Waals surface area contributed by atoms with E-state index in [0.717, 1.165) is 19.8 Å².